The van der Waals surface area contributed by atoms with Gasteiger partial charge in [-0.1, -0.05) is 12.2 Å². The van der Waals surface area contributed by atoms with Crippen molar-refractivity contribution < 1.29 is 4.92 Å². The zero-order valence-electron chi connectivity index (χ0n) is 4.57. The van der Waals surface area contributed by atoms with Crippen LogP contribution in [0.1, 0.15) is 6.92 Å². The standard InChI is InChI=1S/C5H7NO2/c1-2-3-4-5-6(7)8/h2-5H,1H3/b3-2+,5-4-. The molecule has 3 heteroatoms. The molecule has 0 rings (SSSR count). The van der Waals surface area contributed by atoms with Gasteiger partial charge in [-0.2, -0.15) is 0 Å². The molecule has 0 fully saturated rings. The first kappa shape index (κ1) is 6.88. The first-order chi connectivity index (χ1) is 3.77. The molecule has 0 bridgehead atoms. The number of hydrogen-bond acceptors (Lipinski definition) is 2. The molecular formula is C5H7NO2. The maximum atomic E-state index is 9.56. The summed E-state index contributed by atoms with van der Waals surface area (Å²) in [5.41, 5.74) is 0. The lowest BCUT2D eigenvalue weighted by atomic mass is 10.5. The smallest absolute Gasteiger partial charge is 0.234 e. The Morgan fingerprint density at radius 3 is 2.50 bits per heavy atom. The van der Waals surface area contributed by atoms with Crippen LogP contribution >= 0.6 is 0 Å². The Balaban J connectivity index is 3.50. The van der Waals surface area contributed by atoms with Crippen LogP contribution in [0.25, 0.3) is 0 Å². The molecule has 0 unspecified atom stereocenters. The van der Waals surface area contributed by atoms with E-state index in [4.69, 9.17) is 0 Å². The molecular weight excluding hydrogens is 106 g/mol. The van der Waals surface area contributed by atoms with Crippen LogP contribution in [-0.2, 0) is 0 Å². The van der Waals surface area contributed by atoms with Crippen LogP contribution in [0.2, 0.25) is 0 Å². The predicted molar refractivity (Wildman–Crippen MR) is 30.9 cm³/mol. The average molecular weight is 113 g/mol. The normalized spacial score (nSPS) is 11.1. The van der Waals surface area contributed by atoms with E-state index < -0.39 is 4.92 Å². The van der Waals surface area contributed by atoms with Gasteiger partial charge in [0.25, 0.3) is 0 Å². The van der Waals surface area contributed by atoms with E-state index in [2.05, 4.69) is 0 Å². The van der Waals surface area contributed by atoms with Gasteiger partial charge in [0.2, 0.25) is 6.20 Å². The van der Waals surface area contributed by atoms with Gasteiger partial charge in [0.1, 0.15) is 0 Å². The molecule has 0 radical (unpaired) electrons. The van der Waals surface area contributed by atoms with Crippen molar-refractivity contribution in [1.29, 1.82) is 0 Å². The Kier molecular flexibility index (Phi) is 3.48. The summed E-state index contributed by atoms with van der Waals surface area (Å²) in [6.45, 7) is 1.80. The zero-order chi connectivity index (χ0) is 6.41. The van der Waals surface area contributed by atoms with Gasteiger partial charge in [0.15, 0.2) is 0 Å². The van der Waals surface area contributed by atoms with Gasteiger partial charge in [0.05, 0.1) is 4.92 Å². The molecule has 0 aliphatic rings. The highest BCUT2D eigenvalue weighted by Gasteiger charge is 1.76. The molecule has 0 saturated heterocycles. The van der Waals surface area contributed by atoms with Gasteiger partial charge in [-0.25, -0.2) is 0 Å². The summed E-state index contributed by atoms with van der Waals surface area (Å²) in [5.74, 6) is 0. The van der Waals surface area contributed by atoms with Crippen LogP contribution in [-0.4, -0.2) is 4.92 Å². The fourth-order valence-electron chi connectivity index (χ4n) is 0.231. The highest BCUT2D eigenvalue weighted by molar-refractivity contribution is 4.97. The molecule has 0 heterocycles. The van der Waals surface area contributed by atoms with Gasteiger partial charge in [-0.15, -0.1) is 0 Å². The molecule has 0 aliphatic carbocycles. The maximum absolute atomic E-state index is 9.56. The predicted octanol–water partition coefficient (Wildman–Crippen LogP) is 1.35. The quantitative estimate of drug-likeness (QED) is 0.308. The van der Waals surface area contributed by atoms with Crippen molar-refractivity contribution in [1.82, 2.24) is 0 Å². The highest BCUT2D eigenvalue weighted by atomic mass is 16.6. The van der Waals surface area contributed by atoms with Crippen molar-refractivity contribution >= 4 is 0 Å². The van der Waals surface area contributed by atoms with Gasteiger partial charge >= 0.3 is 0 Å². The second-order valence-electron chi connectivity index (χ2n) is 1.15. The van der Waals surface area contributed by atoms with Crippen molar-refractivity contribution in [3.05, 3.63) is 34.5 Å². The summed E-state index contributed by atoms with van der Waals surface area (Å²) in [6, 6.07) is 0. The minimum atomic E-state index is -0.500. The summed E-state index contributed by atoms with van der Waals surface area (Å²) in [4.78, 5) is 9.06. The van der Waals surface area contributed by atoms with Crippen molar-refractivity contribution in [2.45, 2.75) is 6.92 Å². The van der Waals surface area contributed by atoms with Crippen molar-refractivity contribution in [3.8, 4) is 0 Å². The minimum Gasteiger partial charge on any atom is -0.259 e. The summed E-state index contributed by atoms with van der Waals surface area (Å²) < 4.78 is 0. The average Bonchev–Trinajstić information content (AvgIpc) is 1.66. The third kappa shape index (κ3) is 4.88. The van der Waals surface area contributed by atoms with Crippen molar-refractivity contribution in [2.75, 3.05) is 0 Å². The largest absolute Gasteiger partial charge is 0.259 e. The van der Waals surface area contributed by atoms with E-state index in [1.807, 2.05) is 0 Å². The van der Waals surface area contributed by atoms with E-state index >= 15 is 0 Å². The summed E-state index contributed by atoms with van der Waals surface area (Å²) >= 11 is 0. The fraction of sp³-hybridized carbons (Fsp3) is 0.200. The number of hydrogen-bond donors (Lipinski definition) is 0. The third-order valence-electron chi connectivity index (χ3n) is 0.511. The second kappa shape index (κ2) is 4.05. The van der Waals surface area contributed by atoms with Crippen molar-refractivity contribution in [2.24, 2.45) is 0 Å². The van der Waals surface area contributed by atoms with Crippen LogP contribution in [0.5, 0.6) is 0 Å². The van der Waals surface area contributed by atoms with E-state index in [0.717, 1.165) is 6.20 Å². The van der Waals surface area contributed by atoms with Gasteiger partial charge in [-0.3, -0.25) is 10.1 Å². The summed E-state index contributed by atoms with van der Waals surface area (Å²) in [7, 11) is 0. The first-order valence-electron chi connectivity index (χ1n) is 2.20. The molecule has 0 spiro atoms. The third-order valence-corrected chi connectivity index (χ3v) is 0.511. The fourth-order valence-corrected chi connectivity index (χ4v) is 0.231. The van der Waals surface area contributed by atoms with Crippen LogP contribution in [0.4, 0.5) is 0 Å². The summed E-state index contributed by atoms with van der Waals surface area (Å²) in [5, 5.41) is 9.56. The number of rotatable bonds is 2. The van der Waals surface area contributed by atoms with Crippen LogP contribution in [0, 0.1) is 10.1 Å². The Labute approximate surface area is 47.5 Å². The van der Waals surface area contributed by atoms with E-state index in [1.54, 1.807) is 19.1 Å². The maximum Gasteiger partial charge on any atom is 0.234 e. The van der Waals surface area contributed by atoms with Crippen molar-refractivity contribution in [3.63, 3.8) is 0 Å². The second-order valence-corrected chi connectivity index (χ2v) is 1.15. The first-order valence-corrected chi connectivity index (χ1v) is 2.20. The summed E-state index contributed by atoms with van der Waals surface area (Å²) in [6.07, 6.45) is 5.59. The number of allylic oxidation sites excluding steroid dienone is 3. The molecule has 8 heavy (non-hydrogen) atoms. The molecule has 0 aromatic heterocycles. The highest BCUT2D eigenvalue weighted by Crippen LogP contribution is 1.75. The lowest BCUT2D eigenvalue weighted by Crippen LogP contribution is -1.79. The Morgan fingerprint density at radius 2 is 2.12 bits per heavy atom. The molecule has 0 atom stereocenters. The van der Waals surface area contributed by atoms with Crippen LogP contribution in [0.15, 0.2) is 24.4 Å². The lowest BCUT2D eigenvalue weighted by molar-refractivity contribution is -0.402. The van der Waals surface area contributed by atoms with Gasteiger partial charge in [-0.05, 0) is 6.92 Å². The SMILES string of the molecule is C/C=C/C=C\[N+](=O)[O-]. The Morgan fingerprint density at radius 1 is 1.50 bits per heavy atom. The minimum absolute atomic E-state index is 0.500. The number of nitro groups is 1. The molecule has 44 valence electrons. The van der Waals surface area contributed by atoms with E-state index in [-0.39, 0.29) is 0 Å². The monoisotopic (exact) mass is 113 g/mol. The molecule has 0 aliphatic heterocycles. The van der Waals surface area contributed by atoms with Crippen LogP contribution < -0.4 is 0 Å². The van der Waals surface area contributed by atoms with Gasteiger partial charge < -0.3 is 0 Å². The molecule has 0 amide bonds. The Bertz CT molecular complexity index is 126. The Hall–Kier alpha value is -1.12. The van der Waals surface area contributed by atoms with E-state index in [9.17, 15) is 10.1 Å². The van der Waals surface area contributed by atoms with E-state index in [1.165, 1.54) is 6.08 Å². The number of nitrogens with zero attached hydrogens (tertiary/aromatic N) is 1. The molecule has 3 nitrogen and oxygen atoms in total. The molecule has 0 aromatic carbocycles. The zero-order valence-corrected chi connectivity index (χ0v) is 4.57. The van der Waals surface area contributed by atoms with Gasteiger partial charge in [0, 0.05) is 6.08 Å². The molecule has 0 aromatic rings. The van der Waals surface area contributed by atoms with E-state index in [0.29, 0.717) is 0 Å². The lowest BCUT2D eigenvalue weighted by Gasteiger charge is -1.71. The molecule has 0 N–H and O–H groups in total. The molecule has 0 saturated carbocycles. The topological polar surface area (TPSA) is 43.1 Å². The van der Waals surface area contributed by atoms with Crippen LogP contribution in [0.3, 0.4) is 0 Å².